The van der Waals surface area contributed by atoms with Gasteiger partial charge >= 0.3 is 7.12 Å². The average molecular weight is 283 g/mol. The summed E-state index contributed by atoms with van der Waals surface area (Å²) in [6, 6.07) is 1.84. The Morgan fingerprint density at radius 2 is 1.84 bits per heavy atom. The van der Waals surface area contributed by atoms with Gasteiger partial charge in [-0.3, -0.25) is 0 Å². The molecule has 0 atom stereocenters. The lowest BCUT2D eigenvalue weighted by atomic mass is 9.80. The number of halogens is 1. The third-order valence-electron chi connectivity index (χ3n) is 3.73. The smallest absolute Gasteiger partial charge is 0.399 e. The van der Waals surface area contributed by atoms with Crippen molar-refractivity contribution < 1.29 is 9.31 Å². The predicted octanol–water partition coefficient (Wildman–Crippen LogP) is 2.47. The van der Waals surface area contributed by atoms with Gasteiger partial charge in [0.15, 0.2) is 0 Å². The van der Waals surface area contributed by atoms with Gasteiger partial charge in [0.25, 0.3) is 0 Å². The number of aromatic nitrogens is 1. The Kier molecular flexibility index (Phi) is 3.82. The highest BCUT2D eigenvalue weighted by molar-refractivity contribution is 6.62. The van der Waals surface area contributed by atoms with Gasteiger partial charge in [-0.1, -0.05) is 11.6 Å². The Hall–Kier alpha value is -0.775. The van der Waals surface area contributed by atoms with E-state index in [2.05, 4.69) is 10.3 Å². The van der Waals surface area contributed by atoms with E-state index in [9.17, 15) is 0 Å². The molecule has 19 heavy (non-hydrogen) atoms. The molecule has 6 heteroatoms. The van der Waals surface area contributed by atoms with Crippen LogP contribution in [-0.2, 0) is 9.31 Å². The predicted molar refractivity (Wildman–Crippen MR) is 79.1 cm³/mol. The maximum Gasteiger partial charge on any atom is 0.496 e. The highest BCUT2D eigenvalue weighted by Crippen LogP contribution is 2.36. The number of nitrogens with one attached hydrogen (secondary N) is 1. The van der Waals surface area contributed by atoms with Crippen molar-refractivity contribution in [2.45, 2.75) is 45.8 Å². The van der Waals surface area contributed by atoms with Crippen LogP contribution in [0.25, 0.3) is 0 Å². The van der Waals surface area contributed by atoms with E-state index in [1.807, 2.05) is 40.7 Å². The molecule has 0 radical (unpaired) electrons. The minimum atomic E-state index is -0.425. The van der Waals surface area contributed by atoms with Crippen molar-refractivity contribution >= 4 is 30.0 Å². The fraction of sp³-hybridized carbons (Fsp3) is 0.615. The van der Waals surface area contributed by atoms with Crippen LogP contribution in [-0.4, -0.2) is 29.8 Å². The molecule has 1 aliphatic rings. The number of pyridine rings is 1. The number of nitrogens with zero attached hydrogens (tertiary/aromatic N) is 1. The molecular formula is C13H20BClN2O2. The lowest BCUT2D eigenvalue weighted by Gasteiger charge is -2.32. The third kappa shape index (κ3) is 2.73. The van der Waals surface area contributed by atoms with Gasteiger partial charge in [-0.2, -0.15) is 0 Å². The van der Waals surface area contributed by atoms with E-state index >= 15 is 0 Å². The summed E-state index contributed by atoms with van der Waals surface area (Å²) in [6.45, 7) is 10.9. The van der Waals surface area contributed by atoms with Gasteiger partial charge in [0, 0.05) is 18.2 Å². The fourth-order valence-electron chi connectivity index (χ4n) is 1.86. The molecule has 104 valence electrons. The molecule has 4 nitrogen and oxygen atoms in total. The van der Waals surface area contributed by atoms with Crippen LogP contribution in [0.15, 0.2) is 12.3 Å². The second-order valence-corrected chi connectivity index (χ2v) is 6.12. The van der Waals surface area contributed by atoms with Gasteiger partial charge in [0.05, 0.1) is 16.2 Å². The van der Waals surface area contributed by atoms with Crippen LogP contribution in [0.1, 0.15) is 34.6 Å². The van der Waals surface area contributed by atoms with Gasteiger partial charge in [0.1, 0.15) is 5.82 Å². The minimum absolute atomic E-state index is 0.357. The highest BCUT2D eigenvalue weighted by Gasteiger charge is 2.51. The fourth-order valence-corrected chi connectivity index (χ4v) is 2.10. The standard InChI is InChI=1S/C13H20BClN2O2/c1-6-16-11-10(15)7-9(8-17-11)14-18-12(2,3)13(4,5)19-14/h7-8H,6H2,1-5H3,(H,16,17). The van der Waals surface area contributed by atoms with E-state index in [0.717, 1.165) is 12.0 Å². The van der Waals surface area contributed by atoms with Crippen LogP contribution in [0.3, 0.4) is 0 Å². The normalized spacial score (nSPS) is 20.6. The van der Waals surface area contributed by atoms with Crippen LogP contribution in [0.4, 0.5) is 5.82 Å². The zero-order chi connectivity index (χ0) is 14.3. The topological polar surface area (TPSA) is 43.4 Å². The molecule has 0 aromatic carbocycles. The van der Waals surface area contributed by atoms with Crippen LogP contribution < -0.4 is 10.8 Å². The largest absolute Gasteiger partial charge is 0.496 e. The van der Waals surface area contributed by atoms with E-state index in [-0.39, 0.29) is 11.2 Å². The van der Waals surface area contributed by atoms with Crippen LogP contribution >= 0.6 is 11.6 Å². The van der Waals surface area contributed by atoms with Gasteiger partial charge in [-0.25, -0.2) is 4.98 Å². The molecule has 1 saturated heterocycles. The van der Waals surface area contributed by atoms with E-state index < -0.39 is 7.12 Å². The quantitative estimate of drug-likeness (QED) is 0.865. The first-order valence-electron chi connectivity index (χ1n) is 6.52. The summed E-state index contributed by atoms with van der Waals surface area (Å²) < 4.78 is 11.9. The Bertz CT molecular complexity index is 464. The third-order valence-corrected chi connectivity index (χ3v) is 4.02. The summed E-state index contributed by atoms with van der Waals surface area (Å²) >= 11 is 6.19. The van der Waals surface area contributed by atoms with Crippen LogP contribution in [0.5, 0.6) is 0 Å². The molecule has 2 rings (SSSR count). The molecular weight excluding hydrogens is 262 g/mol. The molecule has 0 unspecified atom stereocenters. The maximum atomic E-state index is 6.19. The van der Waals surface area contributed by atoms with Crippen molar-refractivity contribution in [3.8, 4) is 0 Å². The van der Waals surface area contributed by atoms with Crippen molar-refractivity contribution in [1.29, 1.82) is 0 Å². The first kappa shape index (κ1) is 14.6. The van der Waals surface area contributed by atoms with Crippen molar-refractivity contribution in [2.75, 3.05) is 11.9 Å². The van der Waals surface area contributed by atoms with Crippen LogP contribution in [0.2, 0.25) is 5.02 Å². The molecule has 0 spiro atoms. The summed E-state index contributed by atoms with van der Waals surface area (Å²) in [7, 11) is -0.425. The second-order valence-electron chi connectivity index (χ2n) is 5.72. The molecule has 0 bridgehead atoms. The van der Waals surface area contributed by atoms with E-state index in [1.54, 1.807) is 6.20 Å². The summed E-state index contributed by atoms with van der Waals surface area (Å²) in [5.41, 5.74) is 0.125. The molecule has 0 aliphatic carbocycles. The molecule has 0 saturated carbocycles. The number of hydrogen-bond acceptors (Lipinski definition) is 4. The monoisotopic (exact) mass is 282 g/mol. The number of anilines is 1. The molecule has 1 N–H and O–H groups in total. The van der Waals surface area contributed by atoms with Crippen molar-refractivity contribution in [3.05, 3.63) is 17.3 Å². The first-order chi connectivity index (χ1) is 8.77. The molecule has 1 aromatic rings. The minimum Gasteiger partial charge on any atom is -0.399 e. The zero-order valence-electron chi connectivity index (χ0n) is 12.1. The van der Waals surface area contributed by atoms with Crippen molar-refractivity contribution in [3.63, 3.8) is 0 Å². The lowest BCUT2D eigenvalue weighted by Crippen LogP contribution is -2.41. The van der Waals surface area contributed by atoms with Gasteiger partial charge in [0.2, 0.25) is 0 Å². The maximum absolute atomic E-state index is 6.19. The summed E-state index contributed by atoms with van der Waals surface area (Å²) in [4.78, 5) is 4.31. The van der Waals surface area contributed by atoms with Gasteiger partial charge in [-0.15, -0.1) is 0 Å². The summed E-state index contributed by atoms with van der Waals surface area (Å²) in [6.07, 6.45) is 1.74. The Morgan fingerprint density at radius 3 is 2.32 bits per heavy atom. The first-order valence-corrected chi connectivity index (χ1v) is 6.89. The molecule has 1 aromatic heterocycles. The van der Waals surface area contributed by atoms with E-state index in [4.69, 9.17) is 20.9 Å². The average Bonchev–Trinajstić information content (AvgIpc) is 2.51. The molecule has 1 fully saturated rings. The SMILES string of the molecule is CCNc1ncc(B2OC(C)(C)C(C)(C)O2)cc1Cl. The Labute approximate surface area is 120 Å². The van der Waals surface area contributed by atoms with E-state index in [1.165, 1.54) is 0 Å². The molecule has 0 amide bonds. The van der Waals surface area contributed by atoms with Gasteiger partial charge < -0.3 is 14.6 Å². The molecule has 1 aliphatic heterocycles. The second kappa shape index (κ2) is 4.96. The van der Waals surface area contributed by atoms with Gasteiger partial charge in [-0.05, 0) is 40.7 Å². The Morgan fingerprint density at radius 1 is 1.26 bits per heavy atom. The molecule has 2 heterocycles. The van der Waals surface area contributed by atoms with Crippen LogP contribution in [0, 0.1) is 0 Å². The summed E-state index contributed by atoms with van der Waals surface area (Å²) in [5.74, 6) is 0.685. The number of hydrogen-bond donors (Lipinski definition) is 1. The summed E-state index contributed by atoms with van der Waals surface area (Å²) in [5, 5.41) is 3.68. The highest BCUT2D eigenvalue weighted by atomic mass is 35.5. The van der Waals surface area contributed by atoms with E-state index in [0.29, 0.717) is 10.8 Å². The zero-order valence-corrected chi connectivity index (χ0v) is 12.8. The van der Waals surface area contributed by atoms with Crippen molar-refractivity contribution in [1.82, 2.24) is 4.98 Å². The van der Waals surface area contributed by atoms with Crippen molar-refractivity contribution in [2.24, 2.45) is 0 Å². The number of rotatable bonds is 3. The lowest BCUT2D eigenvalue weighted by molar-refractivity contribution is 0.00578. The Balaban J connectivity index is 2.23.